The summed E-state index contributed by atoms with van der Waals surface area (Å²) < 4.78 is 50.8. The van der Waals surface area contributed by atoms with Crippen molar-refractivity contribution in [1.82, 2.24) is 5.32 Å². The van der Waals surface area contributed by atoms with Gasteiger partial charge >= 0.3 is 0 Å². The molecule has 2 aliphatic rings. The summed E-state index contributed by atoms with van der Waals surface area (Å²) in [5.41, 5.74) is -1.66. The summed E-state index contributed by atoms with van der Waals surface area (Å²) in [6, 6.07) is -1.37. The van der Waals surface area contributed by atoms with Gasteiger partial charge in [0.1, 0.15) is 5.54 Å². The van der Waals surface area contributed by atoms with E-state index >= 15 is 0 Å². The second-order valence-corrected chi connectivity index (χ2v) is 7.20. The van der Waals surface area contributed by atoms with Crippen LogP contribution in [0.1, 0.15) is 43.4 Å². The molecule has 0 unspecified atom stereocenters. The molecule has 0 bridgehead atoms. The SMILES string of the molecule is [2H]c1cc([N+]#[C-])c(C)c([2H])c1N1C(=O)C2(CCC2)N(c2c([2H])c([2H])c(C(=O)NC)c([2H])c2[2H])C1=S. The summed E-state index contributed by atoms with van der Waals surface area (Å²) in [7, 11) is 1.32. The van der Waals surface area contributed by atoms with E-state index in [1.807, 2.05) is 0 Å². The Kier molecular flexibility index (Phi) is 3.14. The van der Waals surface area contributed by atoms with E-state index in [1.165, 1.54) is 18.0 Å². The maximum absolute atomic E-state index is 13.8. The highest BCUT2D eigenvalue weighted by atomic mass is 32.1. The number of hydrogen-bond acceptors (Lipinski definition) is 3. The van der Waals surface area contributed by atoms with Crippen LogP contribution in [0.5, 0.6) is 0 Å². The molecule has 2 amide bonds. The van der Waals surface area contributed by atoms with Crippen LogP contribution >= 0.6 is 12.2 Å². The third-order valence-electron chi connectivity index (χ3n) is 5.26. The largest absolute Gasteiger partial charge is 0.355 e. The van der Waals surface area contributed by atoms with E-state index in [9.17, 15) is 9.59 Å². The number of nitrogens with one attached hydrogen (secondary N) is 1. The predicted molar refractivity (Wildman–Crippen MR) is 116 cm³/mol. The van der Waals surface area contributed by atoms with Gasteiger partial charge in [-0.3, -0.25) is 14.5 Å². The molecule has 1 saturated heterocycles. The lowest BCUT2D eigenvalue weighted by molar-refractivity contribution is -0.123. The topological polar surface area (TPSA) is 57.0 Å². The molecule has 1 aliphatic heterocycles. The van der Waals surface area contributed by atoms with Crippen LogP contribution in [0.25, 0.3) is 4.85 Å². The van der Waals surface area contributed by atoms with Gasteiger partial charge in [0.25, 0.3) is 11.8 Å². The van der Waals surface area contributed by atoms with Gasteiger partial charge in [0.05, 0.1) is 14.8 Å². The normalized spacial score (nSPS) is 20.2. The summed E-state index contributed by atoms with van der Waals surface area (Å²) in [4.78, 5) is 31.7. The van der Waals surface area contributed by atoms with Crippen LogP contribution < -0.4 is 15.1 Å². The van der Waals surface area contributed by atoms with E-state index < -0.39 is 47.1 Å². The third-order valence-corrected chi connectivity index (χ3v) is 5.63. The Balaban J connectivity index is 1.97. The Labute approximate surface area is 183 Å². The highest BCUT2D eigenvalue weighted by Crippen LogP contribution is 2.48. The van der Waals surface area contributed by atoms with Crippen LogP contribution in [0, 0.1) is 13.5 Å². The number of anilines is 2. The van der Waals surface area contributed by atoms with Crippen LogP contribution in [0.4, 0.5) is 17.1 Å². The number of amides is 2. The maximum atomic E-state index is 13.8. The second-order valence-electron chi connectivity index (χ2n) is 6.83. The molecular weight excluding hydrogens is 384 g/mol. The highest BCUT2D eigenvalue weighted by molar-refractivity contribution is 7.81. The molecule has 29 heavy (non-hydrogen) atoms. The molecule has 146 valence electrons. The molecule has 0 aromatic heterocycles. The first-order valence-corrected chi connectivity index (χ1v) is 9.34. The minimum Gasteiger partial charge on any atom is -0.355 e. The minimum absolute atomic E-state index is 0.101. The second kappa shape index (κ2) is 6.98. The van der Waals surface area contributed by atoms with E-state index in [0.29, 0.717) is 19.3 Å². The van der Waals surface area contributed by atoms with Crippen molar-refractivity contribution in [3.63, 3.8) is 0 Å². The van der Waals surface area contributed by atoms with E-state index in [4.69, 9.17) is 27.0 Å². The van der Waals surface area contributed by atoms with E-state index in [2.05, 4.69) is 10.2 Å². The molecule has 0 atom stereocenters. The lowest BCUT2D eigenvalue weighted by Crippen LogP contribution is -2.55. The van der Waals surface area contributed by atoms with Crippen LogP contribution in [0.2, 0.25) is 0 Å². The first-order chi connectivity index (χ1) is 16.4. The molecule has 7 heteroatoms. The van der Waals surface area contributed by atoms with E-state index in [1.54, 1.807) is 6.92 Å². The lowest BCUT2D eigenvalue weighted by Gasteiger charge is -2.43. The fourth-order valence-corrected chi connectivity index (χ4v) is 3.99. The zero-order valence-electron chi connectivity index (χ0n) is 21.8. The fourth-order valence-electron chi connectivity index (χ4n) is 3.55. The number of rotatable bonds is 3. The monoisotopic (exact) mass is 410 g/mol. The van der Waals surface area contributed by atoms with E-state index in [0.717, 1.165) is 4.90 Å². The molecule has 1 spiro atoms. The first kappa shape index (κ1) is 13.1. The molecule has 1 aliphatic carbocycles. The van der Waals surface area contributed by atoms with Crippen LogP contribution in [0.3, 0.4) is 0 Å². The Morgan fingerprint density at radius 1 is 1.28 bits per heavy atom. The van der Waals surface area contributed by atoms with Gasteiger partial charge in [-0.15, -0.1) is 0 Å². The standard InChI is InChI=1S/C22H20N4O2S/c1-14-13-17(9-10-18(14)23-2)25-20(28)22(11-4-12-22)26(21(25)29)16-7-5-15(6-8-16)19(27)24-3/h5-10,13H,4,11-12H2,1,3H3,(H,24,27)/i5D,6D,7D,8D,9D,13D. The van der Waals surface area contributed by atoms with Gasteiger partial charge < -0.3 is 10.2 Å². The number of hydrogen-bond donors (Lipinski definition) is 1. The average molecular weight is 411 g/mol. The van der Waals surface area contributed by atoms with Crippen molar-refractivity contribution >= 4 is 46.2 Å². The average Bonchev–Trinajstić information content (AvgIpc) is 3.02. The summed E-state index contributed by atoms with van der Waals surface area (Å²) in [5.74, 6) is -1.31. The molecule has 1 N–H and O–H groups in total. The number of thiocarbonyl (C=S) groups is 1. The molecule has 0 radical (unpaired) electrons. The summed E-state index contributed by atoms with van der Waals surface area (Å²) in [5, 5.41) is 2.13. The molecule has 1 saturated carbocycles. The van der Waals surface area contributed by atoms with Crippen LogP contribution in [0.15, 0.2) is 42.3 Å². The zero-order chi connectivity index (χ0) is 26.0. The van der Waals surface area contributed by atoms with Crippen molar-refractivity contribution in [1.29, 1.82) is 0 Å². The molecule has 6 nitrogen and oxygen atoms in total. The number of nitrogens with zero attached hydrogens (tertiary/aromatic N) is 3. The number of carbonyl (C=O) groups excluding carboxylic acids is 2. The van der Waals surface area contributed by atoms with Gasteiger partial charge in [0.15, 0.2) is 10.8 Å². The van der Waals surface area contributed by atoms with Gasteiger partial charge in [0, 0.05) is 24.0 Å². The lowest BCUT2D eigenvalue weighted by atomic mass is 9.75. The van der Waals surface area contributed by atoms with Gasteiger partial charge in [-0.2, -0.15) is 0 Å². The van der Waals surface area contributed by atoms with E-state index in [-0.39, 0.29) is 39.8 Å². The summed E-state index contributed by atoms with van der Waals surface area (Å²) in [6.45, 7) is 8.81. The van der Waals surface area contributed by atoms with Crippen molar-refractivity contribution in [3.8, 4) is 0 Å². The van der Waals surface area contributed by atoms with Gasteiger partial charge in [-0.1, -0.05) is 6.07 Å². The molecule has 2 aromatic carbocycles. The Bertz CT molecular complexity index is 1360. The Morgan fingerprint density at radius 2 is 1.97 bits per heavy atom. The van der Waals surface area contributed by atoms with Crippen molar-refractivity contribution in [2.45, 2.75) is 31.7 Å². The minimum atomic E-state index is -1.29. The first-order valence-electron chi connectivity index (χ1n) is 11.9. The van der Waals surface area contributed by atoms with Crippen LogP contribution in [-0.2, 0) is 4.79 Å². The van der Waals surface area contributed by atoms with Crippen molar-refractivity contribution < 1.29 is 17.8 Å². The molecule has 2 fully saturated rings. The Hall–Kier alpha value is -3.24. The fraction of sp³-hybridized carbons (Fsp3) is 0.273. The van der Waals surface area contributed by atoms with Crippen molar-refractivity contribution in [2.75, 3.05) is 16.8 Å². The number of carbonyl (C=O) groups is 2. The zero-order valence-corrected chi connectivity index (χ0v) is 16.6. The summed E-state index contributed by atoms with van der Waals surface area (Å²) in [6.07, 6.45) is 1.28. The molecule has 1 heterocycles. The third kappa shape index (κ3) is 2.79. The Morgan fingerprint density at radius 3 is 2.52 bits per heavy atom. The van der Waals surface area contributed by atoms with Crippen molar-refractivity contribution in [2.24, 2.45) is 0 Å². The summed E-state index contributed by atoms with van der Waals surface area (Å²) >= 11 is 5.62. The van der Waals surface area contributed by atoms with Gasteiger partial charge in [0.2, 0.25) is 0 Å². The molecule has 4 rings (SSSR count). The smallest absolute Gasteiger partial charge is 0.259 e. The quantitative estimate of drug-likeness (QED) is 0.615. The van der Waals surface area contributed by atoms with Gasteiger partial charge in [-0.25, -0.2) is 4.85 Å². The van der Waals surface area contributed by atoms with Crippen LogP contribution in [-0.4, -0.2) is 29.5 Å². The maximum Gasteiger partial charge on any atom is 0.259 e. The predicted octanol–water partition coefficient (Wildman–Crippen LogP) is 3.97. The number of benzene rings is 2. The molecule has 2 aromatic rings. The highest BCUT2D eigenvalue weighted by Gasteiger charge is 2.59. The van der Waals surface area contributed by atoms with Crippen molar-refractivity contribution in [3.05, 3.63) is 64.9 Å². The molecular formula is C22H20N4O2S. The van der Waals surface area contributed by atoms with Gasteiger partial charge in [-0.05, 0) is 80.2 Å².